The molecule has 0 bridgehead atoms. The van der Waals surface area contributed by atoms with Crippen LogP contribution in [0.1, 0.15) is 34.9 Å². The smallest absolute Gasteiger partial charge is 0.168 e. The summed E-state index contributed by atoms with van der Waals surface area (Å²) in [6, 6.07) is 3.71. The van der Waals surface area contributed by atoms with Crippen molar-refractivity contribution < 1.29 is 4.79 Å². The zero-order valence-electron chi connectivity index (χ0n) is 7.31. The third kappa shape index (κ3) is 1.75. The molecule has 0 amide bonds. The van der Waals surface area contributed by atoms with E-state index >= 15 is 0 Å². The molecule has 3 nitrogen and oxygen atoms in total. The summed E-state index contributed by atoms with van der Waals surface area (Å²) in [6.45, 7) is 0. The van der Waals surface area contributed by atoms with Gasteiger partial charge in [0.2, 0.25) is 0 Å². The molecular weight excluding hydrogens is 164 g/mol. The molecule has 1 saturated carbocycles. The Morgan fingerprint density at radius 1 is 1.54 bits per heavy atom. The van der Waals surface area contributed by atoms with Gasteiger partial charge in [0.25, 0.3) is 0 Å². The summed E-state index contributed by atoms with van der Waals surface area (Å²) in [5.41, 5.74) is 7.46. The molecule has 1 fully saturated rings. The average molecular weight is 176 g/mol. The maximum Gasteiger partial charge on any atom is 0.168 e. The van der Waals surface area contributed by atoms with Crippen molar-refractivity contribution in [2.45, 2.75) is 18.9 Å². The lowest BCUT2D eigenvalue weighted by Crippen LogP contribution is -2.12. The Bertz CT molecular complexity index is 303. The Morgan fingerprint density at radius 2 is 2.31 bits per heavy atom. The topological polar surface area (TPSA) is 56.0 Å². The summed E-state index contributed by atoms with van der Waals surface area (Å²) in [4.78, 5) is 14.3. The van der Waals surface area contributed by atoms with Crippen LogP contribution in [-0.2, 0) is 0 Å². The average Bonchev–Trinajstić information content (AvgIpc) is 3.00. The number of hydrogen-bond donors (Lipinski definition) is 1. The second-order valence-electron chi connectivity index (χ2n) is 3.50. The zero-order chi connectivity index (χ0) is 9.26. The van der Waals surface area contributed by atoms with E-state index in [0.29, 0.717) is 11.6 Å². The fourth-order valence-electron chi connectivity index (χ4n) is 1.41. The van der Waals surface area contributed by atoms with Gasteiger partial charge in [0, 0.05) is 12.2 Å². The quantitative estimate of drug-likeness (QED) is 0.706. The molecule has 0 aromatic carbocycles. The van der Waals surface area contributed by atoms with Gasteiger partial charge in [-0.15, -0.1) is 0 Å². The Morgan fingerprint density at radius 3 is 2.77 bits per heavy atom. The highest BCUT2D eigenvalue weighted by Crippen LogP contribution is 2.39. The SMILES string of the molecule is N[C@H](c1ccc(C=O)nc1)C1CC1. The Kier molecular flexibility index (Phi) is 2.10. The molecule has 0 saturated heterocycles. The molecule has 1 heterocycles. The highest BCUT2D eigenvalue weighted by Gasteiger charge is 2.29. The van der Waals surface area contributed by atoms with E-state index in [4.69, 9.17) is 5.73 Å². The number of carbonyl (C=O) groups is 1. The number of hydrogen-bond acceptors (Lipinski definition) is 3. The van der Waals surface area contributed by atoms with Gasteiger partial charge >= 0.3 is 0 Å². The minimum Gasteiger partial charge on any atom is -0.324 e. The molecule has 1 aliphatic carbocycles. The highest BCUT2D eigenvalue weighted by atomic mass is 16.1. The molecular formula is C10H12N2O. The summed E-state index contributed by atoms with van der Waals surface area (Å²) < 4.78 is 0. The fourth-order valence-corrected chi connectivity index (χ4v) is 1.41. The molecule has 3 heteroatoms. The first-order valence-electron chi connectivity index (χ1n) is 4.48. The first-order chi connectivity index (χ1) is 6.31. The molecule has 1 atom stereocenters. The van der Waals surface area contributed by atoms with Crippen molar-refractivity contribution in [1.82, 2.24) is 4.98 Å². The van der Waals surface area contributed by atoms with Gasteiger partial charge in [-0.3, -0.25) is 9.78 Å². The minimum absolute atomic E-state index is 0.105. The van der Waals surface area contributed by atoms with Crippen LogP contribution < -0.4 is 5.73 Å². The molecule has 0 aliphatic heterocycles. The second-order valence-corrected chi connectivity index (χ2v) is 3.50. The van der Waals surface area contributed by atoms with Crippen LogP contribution in [0.3, 0.4) is 0 Å². The number of nitrogens with zero attached hydrogens (tertiary/aromatic N) is 1. The summed E-state index contributed by atoms with van der Waals surface area (Å²) in [6.07, 6.45) is 4.88. The van der Waals surface area contributed by atoms with Crippen LogP contribution in [0.5, 0.6) is 0 Å². The summed E-state index contributed by atoms with van der Waals surface area (Å²) in [5, 5.41) is 0. The monoisotopic (exact) mass is 176 g/mol. The molecule has 1 aromatic heterocycles. The standard InChI is InChI=1S/C10H12N2O/c11-10(7-1-2-7)8-3-4-9(6-13)12-5-8/h3-7,10H,1-2,11H2/t10-/m0/s1. The maximum atomic E-state index is 10.3. The van der Waals surface area contributed by atoms with Gasteiger partial charge in [0.1, 0.15) is 5.69 Å². The van der Waals surface area contributed by atoms with Crippen LogP contribution in [0.25, 0.3) is 0 Å². The van der Waals surface area contributed by atoms with E-state index in [-0.39, 0.29) is 6.04 Å². The van der Waals surface area contributed by atoms with Crippen LogP contribution >= 0.6 is 0 Å². The number of pyridine rings is 1. The Labute approximate surface area is 77.0 Å². The third-order valence-corrected chi connectivity index (χ3v) is 2.44. The fraction of sp³-hybridized carbons (Fsp3) is 0.400. The largest absolute Gasteiger partial charge is 0.324 e. The van der Waals surface area contributed by atoms with E-state index in [9.17, 15) is 4.79 Å². The third-order valence-electron chi connectivity index (χ3n) is 2.44. The highest BCUT2D eigenvalue weighted by molar-refractivity contribution is 5.71. The van der Waals surface area contributed by atoms with Crippen LogP contribution in [-0.4, -0.2) is 11.3 Å². The number of aldehydes is 1. The number of aromatic nitrogens is 1. The van der Waals surface area contributed by atoms with Crippen LogP contribution in [0.15, 0.2) is 18.3 Å². The lowest BCUT2D eigenvalue weighted by Gasteiger charge is -2.09. The molecule has 2 N–H and O–H groups in total. The van der Waals surface area contributed by atoms with Crippen molar-refractivity contribution in [2.75, 3.05) is 0 Å². The van der Waals surface area contributed by atoms with Crippen molar-refractivity contribution in [3.8, 4) is 0 Å². The van der Waals surface area contributed by atoms with Crippen molar-refractivity contribution in [3.05, 3.63) is 29.6 Å². The predicted molar refractivity (Wildman–Crippen MR) is 49.3 cm³/mol. The van der Waals surface area contributed by atoms with E-state index in [0.717, 1.165) is 11.8 Å². The normalized spacial score (nSPS) is 18.2. The van der Waals surface area contributed by atoms with Gasteiger partial charge in [0.15, 0.2) is 6.29 Å². The molecule has 13 heavy (non-hydrogen) atoms. The maximum absolute atomic E-state index is 10.3. The number of nitrogens with two attached hydrogens (primary N) is 1. The molecule has 1 aromatic rings. The van der Waals surface area contributed by atoms with E-state index in [2.05, 4.69) is 4.98 Å². The van der Waals surface area contributed by atoms with Gasteiger partial charge in [0.05, 0.1) is 0 Å². The van der Waals surface area contributed by atoms with E-state index < -0.39 is 0 Å². The molecule has 0 radical (unpaired) electrons. The van der Waals surface area contributed by atoms with Crippen LogP contribution in [0, 0.1) is 5.92 Å². The summed E-state index contributed by atoms with van der Waals surface area (Å²) >= 11 is 0. The Balaban J connectivity index is 2.16. The van der Waals surface area contributed by atoms with E-state index in [1.165, 1.54) is 12.8 Å². The second kappa shape index (κ2) is 3.26. The molecule has 68 valence electrons. The van der Waals surface area contributed by atoms with Crippen molar-refractivity contribution in [3.63, 3.8) is 0 Å². The molecule has 0 spiro atoms. The summed E-state index contributed by atoms with van der Waals surface area (Å²) in [7, 11) is 0. The van der Waals surface area contributed by atoms with E-state index in [1.807, 2.05) is 6.07 Å². The molecule has 1 aliphatic rings. The van der Waals surface area contributed by atoms with E-state index in [1.54, 1.807) is 12.3 Å². The van der Waals surface area contributed by atoms with Gasteiger partial charge in [-0.2, -0.15) is 0 Å². The van der Waals surface area contributed by atoms with Crippen LogP contribution in [0.4, 0.5) is 0 Å². The first-order valence-corrected chi connectivity index (χ1v) is 4.48. The van der Waals surface area contributed by atoms with Crippen molar-refractivity contribution in [1.29, 1.82) is 0 Å². The van der Waals surface area contributed by atoms with Gasteiger partial charge < -0.3 is 5.73 Å². The summed E-state index contributed by atoms with van der Waals surface area (Å²) in [5.74, 6) is 0.629. The zero-order valence-corrected chi connectivity index (χ0v) is 7.31. The molecule has 0 unspecified atom stereocenters. The van der Waals surface area contributed by atoms with Crippen LogP contribution in [0.2, 0.25) is 0 Å². The number of rotatable bonds is 3. The van der Waals surface area contributed by atoms with Gasteiger partial charge in [-0.1, -0.05) is 6.07 Å². The lowest BCUT2D eigenvalue weighted by molar-refractivity contribution is 0.111. The molecule has 2 rings (SSSR count). The Hall–Kier alpha value is -1.22. The van der Waals surface area contributed by atoms with Crippen molar-refractivity contribution >= 4 is 6.29 Å². The number of carbonyl (C=O) groups excluding carboxylic acids is 1. The predicted octanol–water partition coefficient (Wildman–Crippen LogP) is 1.30. The lowest BCUT2D eigenvalue weighted by atomic mass is 10.1. The van der Waals surface area contributed by atoms with Gasteiger partial charge in [-0.25, -0.2) is 0 Å². The van der Waals surface area contributed by atoms with Gasteiger partial charge in [-0.05, 0) is 30.4 Å². The minimum atomic E-state index is 0.105. The first kappa shape index (κ1) is 8.38. The van der Waals surface area contributed by atoms with Crippen molar-refractivity contribution in [2.24, 2.45) is 11.7 Å².